The number of benzene rings is 1. The number of nitrogen functional groups attached to an aromatic ring is 1. The molecule has 0 aliphatic heterocycles. The van der Waals surface area contributed by atoms with Crippen molar-refractivity contribution in [2.75, 3.05) is 25.5 Å². The van der Waals surface area contributed by atoms with Gasteiger partial charge in [0.25, 0.3) is 0 Å². The molecule has 1 aliphatic rings. The second-order valence-electron chi connectivity index (χ2n) is 5.29. The molecule has 1 aromatic rings. The molecule has 112 valence electrons. The van der Waals surface area contributed by atoms with Crippen molar-refractivity contribution in [2.24, 2.45) is 5.92 Å². The summed E-state index contributed by atoms with van der Waals surface area (Å²) in [5.41, 5.74) is 7.04. The first kappa shape index (κ1) is 15.3. The van der Waals surface area contributed by atoms with Crippen molar-refractivity contribution >= 4 is 15.7 Å². The molecule has 0 radical (unpaired) electrons. The summed E-state index contributed by atoms with van der Waals surface area (Å²) in [7, 11) is -3.45. The van der Waals surface area contributed by atoms with E-state index in [2.05, 4.69) is 4.72 Å². The molecule has 0 aromatic heterocycles. The highest BCUT2D eigenvalue weighted by atomic mass is 32.2. The van der Waals surface area contributed by atoms with Gasteiger partial charge < -0.3 is 10.5 Å². The lowest BCUT2D eigenvalue weighted by atomic mass is 10.2. The summed E-state index contributed by atoms with van der Waals surface area (Å²) in [6.45, 7) is 3.58. The third kappa shape index (κ3) is 4.47. The molecule has 0 heterocycles. The summed E-state index contributed by atoms with van der Waals surface area (Å²) in [5.74, 6) is 0.740. The average molecular weight is 298 g/mol. The smallest absolute Gasteiger partial charge is 0.240 e. The summed E-state index contributed by atoms with van der Waals surface area (Å²) in [4.78, 5) is 0.253. The Bertz CT molecular complexity index is 554. The van der Waals surface area contributed by atoms with Crippen LogP contribution in [-0.4, -0.2) is 28.2 Å². The van der Waals surface area contributed by atoms with Crippen LogP contribution in [0.15, 0.2) is 23.1 Å². The first-order chi connectivity index (χ1) is 9.49. The van der Waals surface area contributed by atoms with Gasteiger partial charge in [0.1, 0.15) is 0 Å². The fourth-order valence-electron chi connectivity index (χ4n) is 1.81. The Morgan fingerprint density at radius 1 is 1.40 bits per heavy atom. The maximum Gasteiger partial charge on any atom is 0.240 e. The first-order valence-corrected chi connectivity index (χ1v) is 8.41. The number of aryl methyl sites for hydroxylation is 1. The zero-order valence-electron chi connectivity index (χ0n) is 11.8. The van der Waals surface area contributed by atoms with Crippen molar-refractivity contribution in [1.29, 1.82) is 0 Å². The van der Waals surface area contributed by atoms with Crippen LogP contribution in [0.1, 0.15) is 24.8 Å². The second-order valence-corrected chi connectivity index (χ2v) is 7.05. The Kier molecular flexibility index (Phi) is 5.01. The molecular formula is C14H22N2O3S. The van der Waals surface area contributed by atoms with Gasteiger partial charge in [0.05, 0.1) is 4.90 Å². The summed E-state index contributed by atoms with van der Waals surface area (Å²) in [5, 5.41) is 0. The molecule has 0 saturated heterocycles. The van der Waals surface area contributed by atoms with Crippen LogP contribution in [0.5, 0.6) is 0 Å². The fraction of sp³-hybridized carbons (Fsp3) is 0.571. The van der Waals surface area contributed by atoms with Gasteiger partial charge in [-0.1, -0.05) is 0 Å². The van der Waals surface area contributed by atoms with Crippen LogP contribution in [0, 0.1) is 12.8 Å². The highest BCUT2D eigenvalue weighted by Crippen LogP contribution is 2.28. The quantitative estimate of drug-likeness (QED) is 0.565. The number of anilines is 1. The molecule has 1 aliphatic carbocycles. The zero-order valence-corrected chi connectivity index (χ0v) is 12.6. The van der Waals surface area contributed by atoms with Crippen LogP contribution < -0.4 is 10.5 Å². The second kappa shape index (κ2) is 6.56. The summed E-state index contributed by atoms with van der Waals surface area (Å²) >= 11 is 0. The van der Waals surface area contributed by atoms with E-state index < -0.39 is 10.0 Å². The van der Waals surface area contributed by atoms with Crippen LogP contribution >= 0.6 is 0 Å². The van der Waals surface area contributed by atoms with E-state index in [9.17, 15) is 8.42 Å². The highest BCUT2D eigenvalue weighted by molar-refractivity contribution is 7.89. The molecule has 0 unspecified atom stereocenters. The highest BCUT2D eigenvalue weighted by Gasteiger charge is 2.21. The summed E-state index contributed by atoms with van der Waals surface area (Å²) in [6.07, 6.45) is 3.21. The molecule has 2 rings (SSSR count). The van der Waals surface area contributed by atoms with E-state index in [1.165, 1.54) is 18.9 Å². The largest absolute Gasteiger partial charge is 0.399 e. The Balaban J connectivity index is 1.76. The van der Waals surface area contributed by atoms with E-state index in [0.717, 1.165) is 18.1 Å². The first-order valence-electron chi connectivity index (χ1n) is 6.92. The molecule has 1 fully saturated rings. The lowest BCUT2D eigenvalue weighted by molar-refractivity contribution is 0.123. The van der Waals surface area contributed by atoms with Gasteiger partial charge in [-0.15, -0.1) is 0 Å². The minimum absolute atomic E-state index is 0.253. The van der Waals surface area contributed by atoms with Gasteiger partial charge >= 0.3 is 0 Å². The van der Waals surface area contributed by atoms with Gasteiger partial charge in [-0.05, 0) is 55.9 Å². The number of rotatable bonds is 8. The van der Waals surface area contributed by atoms with Crippen molar-refractivity contribution in [3.05, 3.63) is 23.8 Å². The Labute approximate surface area is 120 Å². The molecule has 0 spiro atoms. The van der Waals surface area contributed by atoms with Crippen LogP contribution in [0.25, 0.3) is 0 Å². The van der Waals surface area contributed by atoms with Gasteiger partial charge in [-0.25, -0.2) is 13.1 Å². The van der Waals surface area contributed by atoms with E-state index in [4.69, 9.17) is 10.5 Å². The van der Waals surface area contributed by atoms with Crippen molar-refractivity contribution < 1.29 is 13.2 Å². The minimum atomic E-state index is -3.45. The third-order valence-electron chi connectivity index (χ3n) is 3.36. The molecule has 0 bridgehead atoms. The molecule has 0 atom stereocenters. The molecule has 0 amide bonds. The summed E-state index contributed by atoms with van der Waals surface area (Å²) < 4.78 is 32.1. The van der Waals surface area contributed by atoms with E-state index >= 15 is 0 Å². The maximum atomic E-state index is 12.1. The maximum absolute atomic E-state index is 12.1. The number of hydrogen-bond donors (Lipinski definition) is 2. The molecule has 5 nitrogen and oxygen atoms in total. The number of ether oxygens (including phenoxy) is 1. The van der Waals surface area contributed by atoms with Crippen molar-refractivity contribution in [3.8, 4) is 0 Å². The normalized spacial score (nSPS) is 15.4. The SMILES string of the molecule is Cc1cc(S(=O)(=O)NCCCOCC2CC2)ccc1N. The number of nitrogens with two attached hydrogens (primary N) is 1. The summed E-state index contributed by atoms with van der Waals surface area (Å²) in [6, 6.07) is 4.72. The topological polar surface area (TPSA) is 81.4 Å². The van der Waals surface area contributed by atoms with Gasteiger partial charge in [-0.3, -0.25) is 0 Å². The Morgan fingerprint density at radius 2 is 2.15 bits per heavy atom. The molecule has 1 saturated carbocycles. The number of nitrogens with one attached hydrogen (secondary N) is 1. The van der Waals surface area contributed by atoms with E-state index in [1.807, 2.05) is 0 Å². The van der Waals surface area contributed by atoms with E-state index in [1.54, 1.807) is 19.1 Å². The number of hydrogen-bond acceptors (Lipinski definition) is 4. The van der Waals surface area contributed by atoms with Crippen LogP contribution in [0.3, 0.4) is 0 Å². The van der Waals surface area contributed by atoms with Gasteiger partial charge in [0.2, 0.25) is 10.0 Å². The van der Waals surface area contributed by atoms with Crippen LogP contribution in [-0.2, 0) is 14.8 Å². The molecular weight excluding hydrogens is 276 g/mol. The number of sulfonamides is 1. The molecule has 20 heavy (non-hydrogen) atoms. The molecule has 6 heteroatoms. The Morgan fingerprint density at radius 3 is 2.80 bits per heavy atom. The lowest BCUT2D eigenvalue weighted by Crippen LogP contribution is -2.25. The lowest BCUT2D eigenvalue weighted by Gasteiger charge is -2.09. The van der Waals surface area contributed by atoms with Crippen LogP contribution in [0.2, 0.25) is 0 Å². The molecule has 1 aromatic carbocycles. The Hall–Kier alpha value is -1.11. The van der Waals surface area contributed by atoms with Crippen molar-refractivity contribution in [3.63, 3.8) is 0 Å². The van der Waals surface area contributed by atoms with E-state index in [-0.39, 0.29) is 4.90 Å². The van der Waals surface area contributed by atoms with Gasteiger partial charge in [0, 0.05) is 25.4 Å². The predicted octanol–water partition coefficient (Wildman–Crippen LogP) is 1.67. The predicted molar refractivity (Wildman–Crippen MR) is 78.9 cm³/mol. The van der Waals surface area contributed by atoms with Crippen molar-refractivity contribution in [2.45, 2.75) is 31.1 Å². The van der Waals surface area contributed by atoms with Crippen LogP contribution in [0.4, 0.5) is 5.69 Å². The third-order valence-corrected chi connectivity index (χ3v) is 4.82. The van der Waals surface area contributed by atoms with Gasteiger partial charge in [-0.2, -0.15) is 0 Å². The van der Waals surface area contributed by atoms with E-state index in [0.29, 0.717) is 25.3 Å². The molecule has 3 N–H and O–H groups in total. The van der Waals surface area contributed by atoms with Crippen molar-refractivity contribution in [1.82, 2.24) is 4.72 Å². The zero-order chi connectivity index (χ0) is 14.6. The van der Waals surface area contributed by atoms with Gasteiger partial charge in [0.15, 0.2) is 0 Å². The monoisotopic (exact) mass is 298 g/mol. The average Bonchev–Trinajstić information content (AvgIpc) is 3.21. The standard InChI is InChI=1S/C14H22N2O3S/c1-11-9-13(5-6-14(11)15)20(17,18)16-7-2-8-19-10-12-3-4-12/h5-6,9,12,16H,2-4,7-8,10,15H2,1H3. The minimum Gasteiger partial charge on any atom is -0.399 e. The fourth-order valence-corrected chi connectivity index (χ4v) is 2.97.